The molecule has 0 bridgehead atoms. The van der Waals surface area contributed by atoms with Gasteiger partial charge in [0.25, 0.3) is 0 Å². The van der Waals surface area contributed by atoms with Crippen molar-refractivity contribution in [2.45, 2.75) is 6.18 Å². The van der Waals surface area contributed by atoms with Crippen LogP contribution in [0.15, 0.2) is 36.4 Å². The van der Waals surface area contributed by atoms with Gasteiger partial charge in [-0.05, 0) is 29.8 Å². The lowest BCUT2D eigenvalue weighted by atomic mass is 9.98. The summed E-state index contributed by atoms with van der Waals surface area (Å²) in [5.41, 5.74) is -2.03. The van der Waals surface area contributed by atoms with Crippen LogP contribution in [0.3, 0.4) is 0 Å². The third-order valence-corrected chi connectivity index (χ3v) is 2.76. The Kier molecular flexibility index (Phi) is 3.49. The molecule has 0 atom stereocenters. The van der Waals surface area contributed by atoms with E-state index in [1.807, 2.05) is 0 Å². The maximum Gasteiger partial charge on any atom is 0.417 e. The predicted octanol–water partition coefficient (Wildman–Crippen LogP) is 5.30. The van der Waals surface area contributed by atoms with Crippen LogP contribution in [-0.4, -0.2) is 0 Å². The minimum atomic E-state index is -4.68. The molecule has 0 nitrogen and oxygen atoms in total. The largest absolute Gasteiger partial charge is 0.417 e. The van der Waals surface area contributed by atoms with Crippen molar-refractivity contribution in [2.75, 3.05) is 0 Å². The van der Waals surface area contributed by atoms with Gasteiger partial charge in [-0.25, -0.2) is 8.78 Å². The van der Waals surface area contributed by atoms with Gasteiger partial charge in [0.1, 0.15) is 0 Å². The van der Waals surface area contributed by atoms with E-state index in [0.29, 0.717) is 0 Å². The molecule has 0 N–H and O–H groups in total. The standard InChI is InChI=1S/C13H6ClF5/c14-7-4-5-10(13(17,18)19)9(6-7)8-2-1-3-11(15)12(8)16/h1-6H. The van der Waals surface area contributed by atoms with Crippen molar-refractivity contribution < 1.29 is 22.0 Å². The molecule has 100 valence electrons. The van der Waals surface area contributed by atoms with Crippen molar-refractivity contribution in [3.63, 3.8) is 0 Å². The molecule has 2 aromatic rings. The van der Waals surface area contributed by atoms with Crippen molar-refractivity contribution in [1.29, 1.82) is 0 Å². The summed E-state index contributed by atoms with van der Waals surface area (Å²) in [6.45, 7) is 0. The molecule has 0 aromatic heterocycles. The van der Waals surface area contributed by atoms with Crippen molar-refractivity contribution in [2.24, 2.45) is 0 Å². The molecule has 0 unspecified atom stereocenters. The summed E-state index contributed by atoms with van der Waals surface area (Å²) in [6, 6.07) is 5.78. The van der Waals surface area contributed by atoms with E-state index in [0.717, 1.165) is 36.4 Å². The second kappa shape index (κ2) is 4.81. The van der Waals surface area contributed by atoms with Crippen LogP contribution in [0.1, 0.15) is 5.56 Å². The van der Waals surface area contributed by atoms with E-state index in [1.54, 1.807) is 0 Å². The third kappa shape index (κ3) is 2.71. The second-order valence-corrected chi connectivity index (χ2v) is 4.23. The molecule has 0 spiro atoms. The molecule has 0 amide bonds. The van der Waals surface area contributed by atoms with E-state index >= 15 is 0 Å². The number of halogens is 6. The van der Waals surface area contributed by atoms with Crippen LogP contribution in [0, 0.1) is 11.6 Å². The van der Waals surface area contributed by atoms with E-state index < -0.39 is 34.5 Å². The van der Waals surface area contributed by atoms with E-state index in [-0.39, 0.29) is 5.02 Å². The zero-order valence-corrected chi connectivity index (χ0v) is 9.99. The predicted molar refractivity (Wildman–Crippen MR) is 61.8 cm³/mol. The monoisotopic (exact) mass is 292 g/mol. The Hall–Kier alpha value is -1.62. The van der Waals surface area contributed by atoms with Crippen LogP contribution < -0.4 is 0 Å². The fraction of sp³-hybridized carbons (Fsp3) is 0.0769. The highest BCUT2D eigenvalue weighted by atomic mass is 35.5. The van der Waals surface area contributed by atoms with Crippen molar-refractivity contribution in [1.82, 2.24) is 0 Å². The molecule has 0 heterocycles. The highest BCUT2D eigenvalue weighted by Crippen LogP contribution is 2.39. The summed E-state index contributed by atoms with van der Waals surface area (Å²) in [4.78, 5) is 0. The molecule has 2 rings (SSSR count). The average molecular weight is 293 g/mol. The number of alkyl halides is 3. The van der Waals surface area contributed by atoms with Crippen molar-refractivity contribution >= 4 is 11.6 Å². The van der Waals surface area contributed by atoms with Crippen LogP contribution in [-0.2, 0) is 6.18 Å². The van der Waals surface area contributed by atoms with Gasteiger partial charge in [0, 0.05) is 10.6 Å². The number of rotatable bonds is 1. The number of benzene rings is 2. The molecule has 0 radical (unpaired) electrons. The average Bonchev–Trinajstić information content (AvgIpc) is 2.31. The molecule has 0 aliphatic carbocycles. The van der Waals surface area contributed by atoms with Gasteiger partial charge in [-0.1, -0.05) is 23.7 Å². The fourth-order valence-electron chi connectivity index (χ4n) is 1.70. The van der Waals surface area contributed by atoms with Gasteiger partial charge in [-0.3, -0.25) is 0 Å². The van der Waals surface area contributed by atoms with Crippen LogP contribution in [0.4, 0.5) is 22.0 Å². The topological polar surface area (TPSA) is 0 Å². The zero-order valence-electron chi connectivity index (χ0n) is 9.23. The second-order valence-electron chi connectivity index (χ2n) is 3.79. The minimum absolute atomic E-state index is 0.00617. The van der Waals surface area contributed by atoms with E-state index in [1.165, 1.54) is 0 Å². The van der Waals surface area contributed by atoms with Crippen LogP contribution >= 0.6 is 11.6 Å². The summed E-state index contributed by atoms with van der Waals surface area (Å²) < 4.78 is 65.2. The van der Waals surface area contributed by atoms with E-state index in [4.69, 9.17) is 11.6 Å². The van der Waals surface area contributed by atoms with E-state index in [9.17, 15) is 22.0 Å². The number of hydrogen-bond donors (Lipinski definition) is 0. The first-order valence-electron chi connectivity index (χ1n) is 5.12. The Morgan fingerprint density at radius 1 is 0.895 bits per heavy atom. The van der Waals surface area contributed by atoms with Gasteiger partial charge >= 0.3 is 6.18 Å². The first-order chi connectivity index (χ1) is 8.80. The smallest absolute Gasteiger partial charge is 0.204 e. The van der Waals surface area contributed by atoms with Gasteiger partial charge in [-0.2, -0.15) is 13.2 Å². The summed E-state index contributed by atoms with van der Waals surface area (Å²) in [5, 5.41) is 0.00617. The highest BCUT2D eigenvalue weighted by molar-refractivity contribution is 6.30. The van der Waals surface area contributed by atoms with E-state index in [2.05, 4.69) is 0 Å². The summed E-state index contributed by atoms with van der Waals surface area (Å²) >= 11 is 5.63. The molecule has 0 aliphatic rings. The van der Waals surface area contributed by atoms with Crippen LogP contribution in [0.2, 0.25) is 5.02 Å². The third-order valence-electron chi connectivity index (χ3n) is 2.53. The number of hydrogen-bond acceptors (Lipinski definition) is 0. The molecular formula is C13H6ClF5. The normalized spacial score (nSPS) is 11.7. The quantitative estimate of drug-likeness (QED) is 0.625. The maximum atomic E-state index is 13.6. The summed E-state index contributed by atoms with van der Waals surface area (Å²) in [7, 11) is 0. The SMILES string of the molecule is Fc1cccc(-c2cc(Cl)ccc2C(F)(F)F)c1F. The zero-order chi connectivity index (χ0) is 14.2. The van der Waals surface area contributed by atoms with Crippen molar-refractivity contribution in [3.05, 3.63) is 58.6 Å². The Morgan fingerprint density at radius 3 is 2.21 bits per heavy atom. The molecule has 0 aliphatic heterocycles. The van der Waals surface area contributed by atoms with Crippen LogP contribution in [0.25, 0.3) is 11.1 Å². The Labute approximate surface area is 110 Å². The first kappa shape index (κ1) is 13.8. The van der Waals surface area contributed by atoms with Gasteiger partial charge in [0.15, 0.2) is 11.6 Å². The fourth-order valence-corrected chi connectivity index (χ4v) is 1.87. The molecular weight excluding hydrogens is 287 g/mol. The van der Waals surface area contributed by atoms with Crippen LogP contribution in [0.5, 0.6) is 0 Å². The Morgan fingerprint density at radius 2 is 1.58 bits per heavy atom. The van der Waals surface area contributed by atoms with Gasteiger partial charge in [-0.15, -0.1) is 0 Å². The van der Waals surface area contributed by atoms with Gasteiger partial charge in [0.2, 0.25) is 0 Å². The minimum Gasteiger partial charge on any atom is -0.204 e. The highest BCUT2D eigenvalue weighted by Gasteiger charge is 2.34. The molecule has 0 saturated heterocycles. The molecule has 0 fully saturated rings. The lowest BCUT2D eigenvalue weighted by molar-refractivity contribution is -0.137. The molecule has 19 heavy (non-hydrogen) atoms. The maximum absolute atomic E-state index is 13.6. The summed E-state index contributed by atoms with van der Waals surface area (Å²) in [6.07, 6.45) is -4.68. The van der Waals surface area contributed by atoms with Crippen molar-refractivity contribution in [3.8, 4) is 11.1 Å². The molecule has 6 heteroatoms. The Bertz CT molecular complexity index is 619. The Balaban J connectivity index is 2.74. The van der Waals surface area contributed by atoms with Gasteiger partial charge in [0.05, 0.1) is 5.56 Å². The first-order valence-corrected chi connectivity index (χ1v) is 5.49. The lowest BCUT2D eigenvalue weighted by Gasteiger charge is -2.14. The molecule has 0 saturated carbocycles. The molecule has 2 aromatic carbocycles. The lowest BCUT2D eigenvalue weighted by Crippen LogP contribution is -2.07. The summed E-state index contributed by atoms with van der Waals surface area (Å²) in [5.74, 6) is -2.55. The van der Waals surface area contributed by atoms with Gasteiger partial charge < -0.3 is 0 Å².